The van der Waals surface area contributed by atoms with Gasteiger partial charge in [-0.05, 0) is 62.9 Å². The highest BCUT2D eigenvalue weighted by molar-refractivity contribution is 7.89. The van der Waals surface area contributed by atoms with Crippen molar-refractivity contribution in [3.8, 4) is 0 Å². The van der Waals surface area contributed by atoms with Gasteiger partial charge in [-0.15, -0.1) is 0 Å². The number of para-hydroxylation sites is 1. The lowest BCUT2D eigenvalue weighted by atomic mass is 10.1. The molecule has 1 unspecified atom stereocenters. The molecule has 1 amide bonds. The van der Waals surface area contributed by atoms with Crippen molar-refractivity contribution in [2.75, 3.05) is 11.9 Å². The van der Waals surface area contributed by atoms with E-state index in [0.29, 0.717) is 23.1 Å². The molecular formula is C24H28N4O4S. The number of nitrogens with one attached hydrogen (secondary N) is 1. The van der Waals surface area contributed by atoms with Gasteiger partial charge in [-0.2, -0.15) is 4.31 Å². The number of hydrogen-bond acceptors (Lipinski definition) is 5. The van der Waals surface area contributed by atoms with Crippen LogP contribution in [-0.4, -0.2) is 40.8 Å². The van der Waals surface area contributed by atoms with Gasteiger partial charge in [0.25, 0.3) is 0 Å². The van der Waals surface area contributed by atoms with Crippen LogP contribution in [0.5, 0.6) is 0 Å². The highest BCUT2D eigenvalue weighted by Gasteiger charge is 2.31. The van der Waals surface area contributed by atoms with Crippen LogP contribution in [0.15, 0.2) is 52.3 Å². The van der Waals surface area contributed by atoms with E-state index in [1.807, 2.05) is 39.0 Å². The number of sulfonamides is 1. The predicted octanol–water partition coefficient (Wildman–Crippen LogP) is 3.22. The number of aromatic nitrogens is 2. The molecule has 2 heterocycles. The fourth-order valence-corrected chi connectivity index (χ4v) is 6.13. The van der Waals surface area contributed by atoms with Crippen molar-refractivity contribution in [1.82, 2.24) is 13.9 Å². The number of benzene rings is 2. The Kier molecular flexibility index (Phi) is 6.36. The van der Waals surface area contributed by atoms with Crippen LogP contribution in [-0.2, 0) is 21.4 Å². The van der Waals surface area contributed by atoms with Gasteiger partial charge in [0.15, 0.2) is 0 Å². The van der Waals surface area contributed by atoms with Crippen LogP contribution < -0.4 is 11.0 Å². The first-order valence-corrected chi connectivity index (χ1v) is 12.5. The SMILES string of the molecule is Cc1cccc(C)c1NC(=O)Cn1c(=O)ncc2cc(S(=O)(=O)N3CCCCC3C)ccc21. The molecule has 1 atom stereocenters. The topological polar surface area (TPSA) is 101 Å². The van der Waals surface area contributed by atoms with Crippen molar-refractivity contribution >= 4 is 32.5 Å². The van der Waals surface area contributed by atoms with Gasteiger partial charge in [-0.3, -0.25) is 9.36 Å². The van der Waals surface area contributed by atoms with Crippen LogP contribution >= 0.6 is 0 Å². The minimum atomic E-state index is -3.66. The van der Waals surface area contributed by atoms with Gasteiger partial charge in [-0.25, -0.2) is 18.2 Å². The van der Waals surface area contributed by atoms with E-state index < -0.39 is 15.7 Å². The average Bonchev–Trinajstić information content (AvgIpc) is 2.78. The summed E-state index contributed by atoms with van der Waals surface area (Å²) < 4.78 is 29.2. The second kappa shape index (κ2) is 9.07. The van der Waals surface area contributed by atoms with E-state index >= 15 is 0 Å². The van der Waals surface area contributed by atoms with Gasteiger partial charge in [0.05, 0.1) is 10.4 Å². The van der Waals surface area contributed by atoms with Crippen LogP contribution in [0.25, 0.3) is 10.9 Å². The van der Waals surface area contributed by atoms with Gasteiger partial charge in [0, 0.05) is 29.9 Å². The van der Waals surface area contributed by atoms with Gasteiger partial charge in [0.2, 0.25) is 15.9 Å². The normalized spacial score (nSPS) is 17.2. The highest BCUT2D eigenvalue weighted by atomic mass is 32.2. The molecule has 0 radical (unpaired) electrons. The highest BCUT2D eigenvalue weighted by Crippen LogP contribution is 2.27. The van der Waals surface area contributed by atoms with Crippen LogP contribution in [0.4, 0.5) is 5.69 Å². The molecule has 3 aromatic rings. The number of hydrogen-bond donors (Lipinski definition) is 1. The largest absolute Gasteiger partial charge is 0.348 e. The van der Waals surface area contributed by atoms with Crippen molar-refractivity contribution in [3.05, 3.63) is 64.2 Å². The summed E-state index contributed by atoms with van der Waals surface area (Å²) in [5.74, 6) is -0.359. The fourth-order valence-electron chi connectivity index (χ4n) is 4.39. The van der Waals surface area contributed by atoms with E-state index in [-0.39, 0.29) is 23.4 Å². The second-order valence-electron chi connectivity index (χ2n) is 8.62. The molecule has 1 aromatic heterocycles. The van der Waals surface area contributed by atoms with E-state index in [9.17, 15) is 18.0 Å². The Morgan fingerprint density at radius 1 is 1.15 bits per heavy atom. The molecule has 0 aliphatic carbocycles. The Balaban J connectivity index is 1.66. The van der Waals surface area contributed by atoms with E-state index in [1.165, 1.54) is 22.9 Å². The average molecular weight is 469 g/mol. The first-order valence-electron chi connectivity index (χ1n) is 11.1. The minimum Gasteiger partial charge on any atom is -0.324 e. The third kappa shape index (κ3) is 4.56. The molecule has 0 saturated carbocycles. The number of aryl methyl sites for hydroxylation is 2. The quantitative estimate of drug-likeness (QED) is 0.620. The van der Waals surface area contributed by atoms with Gasteiger partial charge in [0.1, 0.15) is 6.54 Å². The van der Waals surface area contributed by atoms with E-state index in [2.05, 4.69) is 10.3 Å². The van der Waals surface area contributed by atoms with Crippen LogP contribution in [0.2, 0.25) is 0 Å². The summed E-state index contributed by atoms with van der Waals surface area (Å²) in [4.78, 5) is 29.3. The number of nitrogens with zero attached hydrogens (tertiary/aromatic N) is 3. The second-order valence-corrected chi connectivity index (χ2v) is 10.5. The maximum atomic E-state index is 13.2. The maximum Gasteiger partial charge on any atom is 0.348 e. The van der Waals surface area contributed by atoms with E-state index in [4.69, 9.17) is 0 Å². The molecule has 0 spiro atoms. The lowest BCUT2D eigenvalue weighted by Gasteiger charge is -2.32. The maximum absolute atomic E-state index is 13.2. The molecule has 1 aliphatic rings. The molecule has 2 aromatic carbocycles. The van der Waals surface area contributed by atoms with Crippen molar-refractivity contribution in [2.24, 2.45) is 0 Å². The zero-order valence-corrected chi connectivity index (χ0v) is 19.9. The van der Waals surface area contributed by atoms with Gasteiger partial charge >= 0.3 is 5.69 Å². The van der Waals surface area contributed by atoms with Crippen molar-refractivity contribution in [3.63, 3.8) is 0 Å². The molecule has 1 saturated heterocycles. The standard InChI is InChI=1S/C24H28N4O4S/c1-16-7-6-8-17(2)23(16)26-22(29)15-27-21-11-10-20(13-19(21)14-25-24(27)30)33(31,32)28-12-5-4-9-18(28)3/h6-8,10-11,13-14,18H,4-5,9,12,15H2,1-3H3,(H,26,29). The van der Waals surface area contributed by atoms with Gasteiger partial charge in [-0.1, -0.05) is 24.6 Å². The predicted molar refractivity (Wildman–Crippen MR) is 128 cm³/mol. The molecule has 174 valence electrons. The minimum absolute atomic E-state index is 0.0554. The van der Waals surface area contributed by atoms with Crippen LogP contribution in [0, 0.1) is 13.8 Å². The number of piperidine rings is 1. The summed E-state index contributed by atoms with van der Waals surface area (Å²) >= 11 is 0. The lowest BCUT2D eigenvalue weighted by molar-refractivity contribution is -0.116. The summed E-state index contributed by atoms with van der Waals surface area (Å²) in [6, 6.07) is 10.3. The molecule has 1 aliphatic heterocycles. The number of amides is 1. The third-order valence-electron chi connectivity index (χ3n) is 6.23. The molecule has 0 bridgehead atoms. The Morgan fingerprint density at radius 3 is 2.58 bits per heavy atom. The van der Waals surface area contributed by atoms with Crippen LogP contribution in [0.3, 0.4) is 0 Å². The monoisotopic (exact) mass is 468 g/mol. The zero-order chi connectivity index (χ0) is 23.8. The molecular weight excluding hydrogens is 440 g/mol. The zero-order valence-electron chi connectivity index (χ0n) is 19.0. The lowest BCUT2D eigenvalue weighted by Crippen LogP contribution is -2.41. The Hall–Kier alpha value is -3.04. The Morgan fingerprint density at radius 2 is 1.88 bits per heavy atom. The van der Waals surface area contributed by atoms with E-state index in [1.54, 1.807) is 10.4 Å². The summed E-state index contributed by atoms with van der Waals surface area (Å²) in [5, 5.41) is 3.36. The first-order chi connectivity index (χ1) is 15.7. The number of carbonyl (C=O) groups is 1. The fraction of sp³-hybridized carbons (Fsp3) is 0.375. The molecule has 8 nitrogen and oxygen atoms in total. The van der Waals surface area contributed by atoms with Crippen LogP contribution in [0.1, 0.15) is 37.3 Å². The summed E-state index contributed by atoms with van der Waals surface area (Å²) in [6.45, 7) is 5.99. The number of fused-ring (bicyclic) bond motifs is 1. The molecule has 1 fully saturated rings. The number of rotatable bonds is 5. The first kappa shape index (κ1) is 23.1. The summed E-state index contributed by atoms with van der Waals surface area (Å²) in [6.07, 6.45) is 4.05. The molecule has 9 heteroatoms. The Bertz CT molecular complexity index is 1360. The molecule has 1 N–H and O–H groups in total. The third-order valence-corrected chi connectivity index (χ3v) is 8.24. The van der Waals surface area contributed by atoms with Crippen molar-refractivity contribution in [2.45, 2.75) is 57.5 Å². The van der Waals surface area contributed by atoms with Crippen molar-refractivity contribution in [1.29, 1.82) is 0 Å². The number of anilines is 1. The molecule has 4 rings (SSSR count). The number of carbonyl (C=O) groups excluding carboxylic acids is 1. The summed E-state index contributed by atoms with van der Waals surface area (Å²) in [5.41, 5.74) is 2.45. The summed E-state index contributed by atoms with van der Waals surface area (Å²) in [7, 11) is -3.66. The Labute approximate surface area is 193 Å². The van der Waals surface area contributed by atoms with E-state index in [0.717, 1.165) is 30.4 Å². The van der Waals surface area contributed by atoms with Crippen molar-refractivity contribution < 1.29 is 13.2 Å². The van der Waals surface area contributed by atoms with Gasteiger partial charge < -0.3 is 5.32 Å². The molecule has 33 heavy (non-hydrogen) atoms. The smallest absolute Gasteiger partial charge is 0.324 e.